The van der Waals surface area contributed by atoms with Gasteiger partial charge >= 0.3 is 0 Å². The summed E-state index contributed by atoms with van der Waals surface area (Å²) in [6.45, 7) is 7.03. The molecule has 0 spiro atoms. The third kappa shape index (κ3) is 2.82. The normalized spacial score (nSPS) is 12.7. The maximum absolute atomic E-state index is 6.21. The minimum Gasteiger partial charge on any atom is -0.313 e. The van der Waals surface area contributed by atoms with Crippen LogP contribution in [0.25, 0.3) is 0 Å². The fourth-order valence-electron chi connectivity index (χ4n) is 2.42. The molecule has 1 atom stereocenters. The predicted octanol–water partition coefficient (Wildman–Crippen LogP) is 3.48. The third-order valence-corrected chi connectivity index (χ3v) is 3.95. The first kappa shape index (κ1) is 14.1. The number of benzene rings is 1. The van der Waals surface area contributed by atoms with E-state index in [1.165, 1.54) is 11.3 Å². The van der Waals surface area contributed by atoms with Gasteiger partial charge in [0.1, 0.15) is 0 Å². The lowest BCUT2D eigenvalue weighted by molar-refractivity contribution is 0.632. The summed E-state index contributed by atoms with van der Waals surface area (Å²) in [7, 11) is 1.97. The number of nitrogens with zero attached hydrogens (tertiary/aromatic N) is 2. The maximum atomic E-state index is 6.21. The summed E-state index contributed by atoms with van der Waals surface area (Å²) in [5.41, 5.74) is 4.64. The number of halogens is 1. The Morgan fingerprint density at radius 3 is 2.63 bits per heavy atom. The van der Waals surface area contributed by atoms with Crippen LogP contribution in [-0.4, -0.2) is 16.8 Å². The molecule has 0 bridgehead atoms. The number of hydrogen-bond donors (Lipinski definition) is 1. The van der Waals surface area contributed by atoms with Gasteiger partial charge in [-0.05, 0) is 39.4 Å². The van der Waals surface area contributed by atoms with Gasteiger partial charge in [-0.25, -0.2) is 0 Å². The van der Waals surface area contributed by atoms with Crippen molar-refractivity contribution in [3.63, 3.8) is 0 Å². The molecule has 1 N–H and O–H groups in total. The van der Waals surface area contributed by atoms with Crippen molar-refractivity contribution in [1.29, 1.82) is 0 Å². The molecule has 0 fully saturated rings. The SMILES string of the molecule is CNC(C)c1c(C)nn(Cc2ccccc2Cl)c1C. The molecule has 2 rings (SSSR count). The van der Waals surface area contributed by atoms with Crippen molar-refractivity contribution in [2.75, 3.05) is 7.05 Å². The minimum absolute atomic E-state index is 0.306. The first-order valence-electron chi connectivity index (χ1n) is 6.49. The Balaban J connectivity index is 2.35. The van der Waals surface area contributed by atoms with Crippen LogP contribution >= 0.6 is 11.6 Å². The fraction of sp³-hybridized carbons (Fsp3) is 0.400. The Kier molecular flexibility index (Phi) is 4.27. The smallest absolute Gasteiger partial charge is 0.0677 e. The molecule has 2 aromatic rings. The van der Waals surface area contributed by atoms with Crippen LogP contribution in [0.5, 0.6) is 0 Å². The van der Waals surface area contributed by atoms with E-state index in [2.05, 4.69) is 31.2 Å². The van der Waals surface area contributed by atoms with Gasteiger partial charge in [-0.1, -0.05) is 29.8 Å². The summed E-state index contributed by atoms with van der Waals surface area (Å²) in [5.74, 6) is 0. The van der Waals surface area contributed by atoms with Gasteiger partial charge in [0, 0.05) is 22.3 Å². The van der Waals surface area contributed by atoms with Gasteiger partial charge < -0.3 is 5.32 Å². The van der Waals surface area contributed by atoms with Crippen LogP contribution in [0, 0.1) is 13.8 Å². The standard InChI is InChI=1S/C15H20ClN3/c1-10(17-4)15-11(2)18-19(12(15)3)9-13-7-5-6-8-14(13)16/h5-8,10,17H,9H2,1-4H3. The van der Waals surface area contributed by atoms with Crippen molar-refractivity contribution in [2.45, 2.75) is 33.4 Å². The monoisotopic (exact) mass is 277 g/mol. The largest absolute Gasteiger partial charge is 0.313 e. The molecule has 0 saturated carbocycles. The second-order valence-electron chi connectivity index (χ2n) is 4.84. The van der Waals surface area contributed by atoms with E-state index in [1.54, 1.807) is 0 Å². The highest BCUT2D eigenvalue weighted by molar-refractivity contribution is 6.31. The Morgan fingerprint density at radius 2 is 2.00 bits per heavy atom. The van der Waals surface area contributed by atoms with Gasteiger partial charge in [-0.15, -0.1) is 0 Å². The van der Waals surface area contributed by atoms with E-state index in [1.807, 2.05) is 36.0 Å². The van der Waals surface area contributed by atoms with E-state index in [0.717, 1.165) is 16.3 Å². The molecule has 1 aromatic carbocycles. The molecule has 0 saturated heterocycles. The number of aryl methyl sites for hydroxylation is 1. The molecule has 3 nitrogen and oxygen atoms in total. The Morgan fingerprint density at radius 1 is 1.32 bits per heavy atom. The zero-order valence-electron chi connectivity index (χ0n) is 11.9. The third-order valence-electron chi connectivity index (χ3n) is 3.58. The summed E-state index contributed by atoms with van der Waals surface area (Å²) >= 11 is 6.21. The highest BCUT2D eigenvalue weighted by atomic mass is 35.5. The highest BCUT2D eigenvalue weighted by Crippen LogP contribution is 2.23. The second kappa shape index (κ2) is 5.76. The minimum atomic E-state index is 0.306. The number of nitrogens with one attached hydrogen (secondary N) is 1. The van der Waals surface area contributed by atoms with E-state index in [9.17, 15) is 0 Å². The molecule has 0 amide bonds. The molecular formula is C15H20ClN3. The van der Waals surface area contributed by atoms with E-state index >= 15 is 0 Å². The first-order valence-corrected chi connectivity index (χ1v) is 6.87. The summed E-state index contributed by atoms with van der Waals surface area (Å²) in [4.78, 5) is 0. The zero-order chi connectivity index (χ0) is 14.0. The molecule has 19 heavy (non-hydrogen) atoms. The average Bonchev–Trinajstić information content (AvgIpc) is 2.66. The number of rotatable bonds is 4. The Hall–Kier alpha value is -1.32. The first-order chi connectivity index (χ1) is 9.04. The van der Waals surface area contributed by atoms with Crippen LogP contribution in [0.3, 0.4) is 0 Å². The molecule has 4 heteroatoms. The highest BCUT2D eigenvalue weighted by Gasteiger charge is 2.16. The summed E-state index contributed by atoms with van der Waals surface area (Å²) in [6.07, 6.45) is 0. The lowest BCUT2D eigenvalue weighted by Crippen LogP contribution is -2.14. The maximum Gasteiger partial charge on any atom is 0.0677 e. The van der Waals surface area contributed by atoms with Gasteiger partial charge in [-0.3, -0.25) is 4.68 Å². The summed E-state index contributed by atoms with van der Waals surface area (Å²) in [6, 6.07) is 8.21. The predicted molar refractivity (Wildman–Crippen MR) is 79.7 cm³/mol. The lowest BCUT2D eigenvalue weighted by Gasteiger charge is -2.11. The molecule has 0 aliphatic carbocycles. The molecule has 0 radical (unpaired) electrons. The summed E-state index contributed by atoms with van der Waals surface area (Å²) in [5, 5.41) is 8.70. The quantitative estimate of drug-likeness (QED) is 0.927. The van der Waals surface area contributed by atoms with E-state index < -0.39 is 0 Å². The van der Waals surface area contributed by atoms with Crippen LogP contribution in [0.1, 0.15) is 35.5 Å². The van der Waals surface area contributed by atoms with Crippen molar-refractivity contribution in [1.82, 2.24) is 15.1 Å². The molecule has 0 aliphatic rings. The van der Waals surface area contributed by atoms with Gasteiger partial charge in [0.15, 0.2) is 0 Å². The molecule has 0 aliphatic heterocycles. The van der Waals surface area contributed by atoms with Crippen molar-refractivity contribution < 1.29 is 0 Å². The van der Waals surface area contributed by atoms with Crippen LogP contribution in [-0.2, 0) is 6.54 Å². The Bertz CT molecular complexity index is 575. The van der Waals surface area contributed by atoms with Crippen molar-refractivity contribution in [3.8, 4) is 0 Å². The average molecular weight is 278 g/mol. The van der Waals surface area contributed by atoms with Gasteiger partial charge in [-0.2, -0.15) is 5.10 Å². The molecular weight excluding hydrogens is 258 g/mol. The fourth-order valence-corrected chi connectivity index (χ4v) is 2.62. The van der Waals surface area contributed by atoms with Crippen LogP contribution in [0.2, 0.25) is 5.02 Å². The van der Waals surface area contributed by atoms with Gasteiger partial charge in [0.25, 0.3) is 0 Å². The summed E-state index contributed by atoms with van der Waals surface area (Å²) < 4.78 is 2.03. The number of hydrogen-bond acceptors (Lipinski definition) is 2. The zero-order valence-corrected chi connectivity index (χ0v) is 12.6. The van der Waals surface area contributed by atoms with Crippen molar-refractivity contribution in [3.05, 3.63) is 51.8 Å². The van der Waals surface area contributed by atoms with E-state index in [4.69, 9.17) is 11.6 Å². The Labute approximate surface area is 119 Å². The van der Waals surface area contributed by atoms with E-state index in [0.29, 0.717) is 12.6 Å². The van der Waals surface area contributed by atoms with Crippen molar-refractivity contribution in [2.24, 2.45) is 0 Å². The van der Waals surface area contributed by atoms with Crippen LogP contribution < -0.4 is 5.32 Å². The lowest BCUT2D eigenvalue weighted by atomic mass is 10.1. The van der Waals surface area contributed by atoms with Crippen LogP contribution in [0.15, 0.2) is 24.3 Å². The molecule has 1 aromatic heterocycles. The number of aromatic nitrogens is 2. The topological polar surface area (TPSA) is 29.9 Å². The molecule has 1 unspecified atom stereocenters. The van der Waals surface area contributed by atoms with Crippen molar-refractivity contribution >= 4 is 11.6 Å². The second-order valence-corrected chi connectivity index (χ2v) is 5.25. The molecule has 1 heterocycles. The van der Waals surface area contributed by atoms with E-state index in [-0.39, 0.29) is 0 Å². The molecule has 102 valence electrons. The van der Waals surface area contributed by atoms with Gasteiger partial charge in [0.05, 0.1) is 12.2 Å². The van der Waals surface area contributed by atoms with Crippen LogP contribution in [0.4, 0.5) is 0 Å². The van der Waals surface area contributed by atoms with Gasteiger partial charge in [0.2, 0.25) is 0 Å².